The highest BCUT2D eigenvalue weighted by Gasteiger charge is 2.22. The summed E-state index contributed by atoms with van der Waals surface area (Å²) in [5, 5.41) is 28.9. The summed E-state index contributed by atoms with van der Waals surface area (Å²) in [7, 11) is 0. The van der Waals surface area contributed by atoms with E-state index in [1.54, 1.807) is 4.68 Å². The van der Waals surface area contributed by atoms with Gasteiger partial charge in [-0.2, -0.15) is 5.10 Å². The van der Waals surface area contributed by atoms with Crippen molar-refractivity contribution in [1.29, 1.82) is 0 Å². The molecule has 0 saturated heterocycles. The van der Waals surface area contributed by atoms with E-state index in [9.17, 15) is 4.79 Å². The molecule has 0 aliphatic carbocycles. The van der Waals surface area contributed by atoms with Gasteiger partial charge in [-0.05, 0) is 35.3 Å². The second-order valence-electron chi connectivity index (χ2n) is 9.32. The first kappa shape index (κ1) is 25.4. The van der Waals surface area contributed by atoms with Crippen LogP contribution in [-0.2, 0) is 11.3 Å². The summed E-state index contributed by atoms with van der Waals surface area (Å²) in [6.07, 6.45) is 0.702. The number of nitrogens with one attached hydrogen (secondary N) is 2. The molecule has 40 heavy (non-hydrogen) atoms. The van der Waals surface area contributed by atoms with Crippen molar-refractivity contribution in [2.24, 2.45) is 0 Å². The lowest BCUT2D eigenvalue weighted by Crippen LogP contribution is -2.29. The van der Waals surface area contributed by atoms with Gasteiger partial charge in [0.2, 0.25) is 5.91 Å². The second kappa shape index (κ2) is 11.1. The average molecular weight is 553 g/mol. The van der Waals surface area contributed by atoms with Gasteiger partial charge in [-0.3, -0.25) is 4.79 Å². The van der Waals surface area contributed by atoms with E-state index in [0.717, 1.165) is 27.9 Å². The fraction of sp³-hybridized carbons (Fsp3) is 0.172. The lowest BCUT2D eigenvalue weighted by Gasteiger charge is -2.09. The van der Waals surface area contributed by atoms with Crippen molar-refractivity contribution in [2.75, 3.05) is 18.4 Å². The highest BCUT2D eigenvalue weighted by Crippen LogP contribution is 2.37. The third kappa shape index (κ3) is 4.96. The summed E-state index contributed by atoms with van der Waals surface area (Å²) in [4.78, 5) is 12.9. The molecule has 3 heterocycles. The van der Waals surface area contributed by atoms with Crippen molar-refractivity contribution in [3.63, 3.8) is 0 Å². The third-order valence-electron chi connectivity index (χ3n) is 6.59. The third-order valence-corrected chi connectivity index (χ3v) is 6.96. The van der Waals surface area contributed by atoms with Crippen molar-refractivity contribution >= 4 is 45.3 Å². The first-order chi connectivity index (χ1) is 19.6. The average Bonchev–Trinajstić information content (AvgIpc) is 3.62. The number of nitrogens with zero attached hydrogens (tertiary/aromatic N) is 6. The van der Waals surface area contributed by atoms with Crippen LogP contribution in [0.4, 0.5) is 5.69 Å². The number of halogens is 1. The van der Waals surface area contributed by atoms with E-state index in [-0.39, 0.29) is 12.5 Å². The van der Waals surface area contributed by atoms with Gasteiger partial charge in [-0.1, -0.05) is 78.3 Å². The predicted molar refractivity (Wildman–Crippen MR) is 154 cm³/mol. The van der Waals surface area contributed by atoms with Gasteiger partial charge in [0.15, 0.2) is 11.2 Å². The maximum Gasteiger partial charge on any atom is 0.241 e. The molecule has 11 heteroatoms. The molecule has 6 aromatic rings. The van der Waals surface area contributed by atoms with E-state index >= 15 is 0 Å². The van der Waals surface area contributed by atoms with E-state index < -0.39 is 0 Å². The topological polar surface area (TPSA) is 124 Å². The Morgan fingerprint density at radius 1 is 0.875 bits per heavy atom. The van der Waals surface area contributed by atoms with E-state index in [1.165, 1.54) is 0 Å². The first-order valence-corrected chi connectivity index (χ1v) is 13.2. The summed E-state index contributed by atoms with van der Waals surface area (Å²) in [5.74, 6) is -0.188. The van der Waals surface area contributed by atoms with Gasteiger partial charge in [0.1, 0.15) is 23.4 Å². The molecule has 0 saturated carbocycles. The molecule has 0 spiro atoms. The summed E-state index contributed by atoms with van der Waals surface area (Å²) in [5.41, 5.74) is 6.66. The molecule has 0 aliphatic rings. The summed E-state index contributed by atoms with van der Waals surface area (Å²) in [6, 6.07) is 23.3. The van der Waals surface area contributed by atoms with Crippen LogP contribution in [0.25, 0.3) is 44.6 Å². The normalized spacial score (nSPS) is 11.2. The van der Waals surface area contributed by atoms with Gasteiger partial charge in [-0.15, -0.1) is 10.2 Å². The van der Waals surface area contributed by atoms with Gasteiger partial charge in [0.05, 0.1) is 16.1 Å². The Kier molecular flexibility index (Phi) is 7.07. The molecule has 200 valence electrons. The minimum atomic E-state index is -0.188. The van der Waals surface area contributed by atoms with Crippen LogP contribution in [0, 0.1) is 6.92 Å². The molecule has 3 aromatic heterocycles. The number of fused-ring (bicyclic) bond motifs is 2. The van der Waals surface area contributed by atoms with E-state index in [4.69, 9.17) is 21.3 Å². The lowest BCUT2D eigenvalue weighted by atomic mass is 10.1. The maximum atomic E-state index is 12.9. The van der Waals surface area contributed by atoms with Crippen molar-refractivity contribution in [3.05, 3.63) is 83.4 Å². The minimum Gasteiger partial charge on any atom is -0.383 e. The number of carbonyl (C=O) groups excluding carboxylic acids is 1. The molecule has 0 fully saturated rings. The van der Waals surface area contributed by atoms with Crippen LogP contribution < -0.4 is 10.6 Å². The Bertz CT molecular complexity index is 1800. The quantitative estimate of drug-likeness (QED) is 0.232. The van der Waals surface area contributed by atoms with Gasteiger partial charge >= 0.3 is 0 Å². The predicted octanol–water partition coefficient (Wildman–Crippen LogP) is 5.28. The Morgan fingerprint density at radius 3 is 2.33 bits per heavy atom. The number of hydrogen-bond acceptors (Lipinski definition) is 8. The molecule has 6 rings (SSSR count). The number of aromatic nitrogens is 6. The van der Waals surface area contributed by atoms with Crippen molar-refractivity contribution in [1.82, 2.24) is 35.6 Å². The van der Waals surface area contributed by atoms with Crippen LogP contribution in [0.15, 0.2) is 77.4 Å². The Labute approximate surface area is 234 Å². The van der Waals surface area contributed by atoms with Gasteiger partial charge in [-0.25, -0.2) is 9.31 Å². The standard InChI is InChI=1S/C29H25ClN8O2/c1-18-13-14-21(28-25(18)36-40-37-28)31-15-8-16-32-22(39)17-38-29-23(26(35-38)19-9-4-2-5-10-19)24(30)27(33-34-29)20-11-6-3-7-12-20/h2-7,9-14,31H,8,15-17H2,1H3,(H,32,39). The Balaban J connectivity index is 1.17. The molecule has 10 nitrogen and oxygen atoms in total. The molecular weight excluding hydrogens is 528 g/mol. The Morgan fingerprint density at radius 2 is 1.57 bits per heavy atom. The smallest absolute Gasteiger partial charge is 0.241 e. The molecule has 0 bridgehead atoms. The minimum absolute atomic E-state index is 0.0182. The van der Waals surface area contributed by atoms with Crippen molar-refractivity contribution in [3.8, 4) is 22.5 Å². The van der Waals surface area contributed by atoms with E-state index in [2.05, 4.69) is 31.1 Å². The fourth-order valence-corrected chi connectivity index (χ4v) is 4.89. The summed E-state index contributed by atoms with van der Waals surface area (Å²) in [6.45, 7) is 3.06. The molecule has 0 aliphatic heterocycles. The van der Waals surface area contributed by atoms with Crippen molar-refractivity contribution in [2.45, 2.75) is 19.9 Å². The van der Waals surface area contributed by atoms with Crippen molar-refractivity contribution < 1.29 is 9.42 Å². The molecular formula is C29H25ClN8O2. The SMILES string of the molecule is Cc1ccc(NCCCNC(=O)Cn2nc(-c3ccccc3)c3c(Cl)c(-c4ccccc4)nnc32)c2nonc12. The fourth-order valence-electron chi connectivity index (χ4n) is 4.57. The summed E-state index contributed by atoms with van der Waals surface area (Å²) < 4.78 is 6.43. The molecule has 3 aromatic carbocycles. The van der Waals surface area contributed by atoms with E-state index in [0.29, 0.717) is 52.5 Å². The molecule has 0 radical (unpaired) electrons. The monoisotopic (exact) mass is 552 g/mol. The van der Waals surface area contributed by atoms with Crippen LogP contribution >= 0.6 is 11.6 Å². The molecule has 0 unspecified atom stereocenters. The second-order valence-corrected chi connectivity index (χ2v) is 9.70. The number of benzene rings is 3. The lowest BCUT2D eigenvalue weighted by molar-refractivity contribution is -0.121. The van der Waals surface area contributed by atoms with Crippen LogP contribution in [0.2, 0.25) is 5.02 Å². The molecule has 1 amide bonds. The zero-order chi connectivity index (χ0) is 27.5. The molecule has 0 atom stereocenters. The zero-order valence-electron chi connectivity index (χ0n) is 21.6. The highest BCUT2D eigenvalue weighted by atomic mass is 35.5. The number of hydrogen-bond donors (Lipinski definition) is 2. The maximum absolute atomic E-state index is 12.9. The zero-order valence-corrected chi connectivity index (χ0v) is 22.4. The number of anilines is 1. The number of rotatable bonds is 9. The largest absolute Gasteiger partial charge is 0.383 e. The highest BCUT2D eigenvalue weighted by molar-refractivity contribution is 6.38. The van der Waals surface area contributed by atoms with Crippen LogP contribution in [0.1, 0.15) is 12.0 Å². The van der Waals surface area contributed by atoms with Gasteiger partial charge < -0.3 is 10.6 Å². The molecule has 2 N–H and O–H groups in total. The number of carbonyl (C=O) groups is 1. The first-order valence-electron chi connectivity index (χ1n) is 12.9. The van der Waals surface area contributed by atoms with Gasteiger partial charge in [0.25, 0.3) is 0 Å². The van der Waals surface area contributed by atoms with Crippen LogP contribution in [-0.4, -0.2) is 49.3 Å². The number of amides is 1. The van der Waals surface area contributed by atoms with Crippen LogP contribution in [0.3, 0.4) is 0 Å². The number of aryl methyl sites for hydroxylation is 1. The van der Waals surface area contributed by atoms with Gasteiger partial charge in [0, 0.05) is 24.2 Å². The summed E-state index contributed by atoms with van der Waals surface area (Å²) >= 11 is 6.91. The Hall–Kier alpha value is -4.83. The van der Waals surface area contributed by atoms with E-state index in [1.807, 2.05) is 79.7 Å². The van der Waals surface area contributed by atoms with Crippen LogP contribution in [0.5, 0.6) is 0 Å².